The third-order valence-corrected chi connectivity index (χ3v) is 11.7. The van der Waals surface area contributed by atoms with Crippen molar-refractivity contribution in [3.63, 3.8) is 0 Å². The molecule has 3 aromatic heterocycles. The number of ether oxygens (including phenoxy) is 1. The molecule has 0 saturated carbocycles. The van der Waals surface area contributed by atoms with Crippen LogP contribution in [-0.2, 0) is 20.3 Å². The number of carbonyl (C=O) groups excluding carboxylic acids is 1. The molecule has 0 bridgehead atoms. The topological polar surface area (TPSA) is 115 Å². The third-order valence-electron chi connectivity index (χ3n) is 8.94. The minimum absolute atomic E-state index is 0.00278. The van der Waals surface area contributed by atoms with E-state index < -0.39 is 50.6 Å². The van der Waals surface area contributed by atoms with Crippen LogP contribution in [0.25, 0.3) is 22.1 Å². The number of halogens is 3. The molecule has 2 saturated heterocycles. The number of rotatable bonds is 6. The zero-order valence-corrected chi connectivity index (χ0v) is 25.9. The fraction of sp³-hybridized carbons (Fsp3) is 0.438. The van der Waals surface area contributed by atoms with Crippen molar-refractivity contribution in [2.24, 2.45) is 5.92 Å². The third kappa shape index (κ3) is 5.09. The normalized spacial score (nSPS) is 25.9. The molecule has 0 unspecified atom stereocenters. The number of fused-ring (bicyclic) bond motifs is 3. The molecular weight excluding hydrogens is 609 g/mol. The predicted octanol–water partition coefficient (Wildman–Crippen LogP) is 5.70. The van der Waals surface area contributed by atoms with Crippen molar-refractivity contribution >= 4 is 43.5 Å². The van der Waals surface area contributed by atoms with Gasteiger partial charge in [0.15, 0.2) is 32.8 Å². The minimum atomic E-state index is -3.59. The van der Waals surface area contributed by atoms with E-state index >= 15 is 4.39 Å². The first-order chi connectivity index (χ1) is 21.1. The van der Waals surface area contributed by atoms with Gasteiger partial charge in [-0.15, -0.1) is 6.42 Å². The van der Waals surface area contributed by atoms with E-state index in [0.717, 1.165) is 0 Å². The van der Waals surface area contributed by atoms with Gasteiger partial charge in [-0.25, -0.2) is 36.5 Å². The SMILES string of the molecule is C#Cc1cnc(O[C@H]2C[C@@H](C(C)=O)N(c3nc(C(F)F)nc4c3oc3ccccc34)C2)c([C@]2(F)CC(C)(C)S(=O)(=O)C[C@@H]2C)c1. The number of ketones is 1. The molecule has 0 spiro atoms. The lowest BCUT2D eigenvalue weighted by atomic mass is 9.78. The zero-order chi connectivity index (χ0) is 32.5. The van der Waals surface area contributed by atoms with E-state index in [9.17, 15) is 22.0 Å². The van der Waals surface area contributed by atoms with E-state index in [1.165, 1.54) is 40.0 Å². The monoisotopic (exact) mass is 640 g/mol. The van der Waals surface area contributed by atoms with E-state index in [0.29, 0.717) is 11.0 Å². The van der Waals surface area contributed by atoms with Crippen molar-refractivity contribution in [1.82, 2.24) is 15.0 Å². The summed E-state index contributed by atoms with van der Waals surface area (Å²) in [6, 6.07) is 7.46. The quantitative estimate of drug-likeness (QED) is 0.245. The molecular formula is C32H31F3N4O5S. The first-order valence-electron chi connectivity index (χ1n) is 14.4. The Kier molecular flexibility index (Phi) is 7.34. The van der Waals surface area contributed by atoms with Gasteiger partial charge in [0.25, 0.3) is 6.43 Å². The summed E-state index contributed by atoms with van der Waals surface area (Å²) in [4.78, 5) is 27.0. The fourth-order valence-corrected chi connectivity index (χ4v) is 8.22. The number of pyridine rings is 1. The Morgan fingerprint density at radius 2 is 1.98 bits per heavy atom. The van der Waals surface area contributed by atoms with Crippen LogP contribution in [0.15, 0.2) is 40.9 Å². The number of aromatic nitrogens is 3. The highest BCUT2D eigenvalue weighted by atomic mass is 32.2. The molecule has 0 aliphatic carbocycles. The molecule has 0 N–H and O–H groups in total. The molecule has 4 aromatic rings. The highest BCUT2D eigenvalue weighted by Crippen LogP contribution is 2.51. The van der Waals surface area contributed by atoms with Crippen LogP contribution in [0.2, 0.25) is 0 Å². The summed E-state index contributed by atoms with van der Waals surface area (Å²) in [6.07, 6.45) is 2.98. The second kappa shape index (κ2) is 10.7. The molecule has 0 radical (unpaired) electrons. The van der Waals surface area contributed by atoms with Gasteiger partial charge in [0.1, 0.15) is 22.9 Å². The first kappa shape index (κ1) is 30.8. The molecule has 1 aromatic carbocycles. The smallest absolute Gasteiger partial charge is 0.297 e. The molecule has 0 amide bonds. The molecule has 5 heterocycles. The van der Waals surface area contributed by atoms with Crippen LogP contribution in [0.5, 0.6) is 5.88 Å². The zero-order valence-electron chi connectivity index (χ0n) is 25.1. The number of para-hydroxylation sites is 1. The summed E-state index contributed by atoms with van der Waals surface area (Å²) in [5.41, 5.74) is -1.09. The minimum Gasteiger partial charge on any atom is -0.472 e. The average Bonchev–Trinajstić information content (AvgIpc) is 3.57. The standard InChI is InChI=1S/C32H31F3N4O5S/c1-6-19-11-22(32(35)16-31(4,5)45(41,42)15-17(32)2)30(36-13-19)43-20-12-23(18(3)40)39(14-20)29-26-25(37-28(38-29)27(33)34)21-9-7-8-10-24(21)44-26/h1,7-11,13,17,20,23,27H,12,14-16H2,2-5H3/t17-,20-,23-,32-/m0/s1. The van der Waals surface area contributed by atoms with Crippen molar-refractivity contribution in [2.45, 2.75) is 69.5 Å². The Morgan fingerprint density at radius 3 is 2.67 bits per heavy atom. The van der Waals surface area contributed by atoms with Crippen LogP contribution < -0.4 is 9.64 Å². The van der Waals surface area contributed by atoms with E-state index in [1.54, 1.807) is 29.2 Å². The lowest BCUT2D eigenvalue weighted by Gasteiger charge is -2.44. The number of Topliss-reactive ketones (excluding diaryl/α,β-unsaturated/α-hetero) is 1. The van der Waals surface area contributed by atoms with Crippen molar-refractivity contribution < 1.29 is 35.5 Å². The van der Waals surface area contributed by atoms with Crippen molar-refractivity contribution in [3.8, 4) is 18.2 Å². The first-order valence-corrected chi connectivity index (χ1v) is 16.1. The fourth-order valence-electron chi connectivity index (χ4n) is 6.42. The largest absolute Gasteiger partial charge is 0.472 e. The number of anilines is 1. The van der Waals surface area contributed by atoms with Crippen LogP contribution >= 0.6 is 0 Å². The van der Waals surface area contributed by atoms with Gasteiger partial charge in [-0.1, -0.05) is 25.0 Å². The number of hydrogen-bond acceptors (Lipinski definition) is 9. The predicted molar refractivity (Wildman–Crippen MR) is 162 cm³/mol. The lowest BCUT2D eigenvalue weighted by molar-refractivity contribution is -0.118. The van der Waals surface area contributed by atoms with Crippen LogP contribution in [-0.4, -0.2) is 58.3 Å². The summed E-state index contributed by atoms with van der Waals surface area (Å²) in [7, 11) is -3.59. The van der Waals surface area contributed by atoms with Gasteiger partial charge >= 0.3 is 0 Å². The highest BCUT2D eigenvalue weighted by Gasteiger charge is 2.55. The van der Waals surface area contributed by atoms with E-state index in [1.807, 2.05) is 0 Å². The summed E-state index contributed by atoms with van der Waals surface area (Å²) >= 11 is 0. The molecule has 13 heteroatoms. The number of carbonyl (C=O) groups is 1. The number of sulfone groups is 1. The van der Waals surface area contributed by atoms with Crippen LogP contribution in [0.4, 0.5) is 19.0 Å². The Labute approximate surface area is 258 Å². The number of benzene rings is 1. The Balaban J connectivity index is 1.41. The average molecular weight is 641 g/mol. The van der Waals surface area contributed by atoms with Gasteiger partial charge in [0.05, 0.1) is 28.6 Å². The van der Waals surface area contributed by atoms with Crippen LogP contribution in [0, 0.1) is 18.3 Å². The number of nitrogens with zero attached hydrogens (tertiary/aromatic N) is 4. The summed E-state index contributed by atoms with van der Waals surface area (Å²) in [5, 5.41) is 0.520. The van der Waals surface area contributed by atoms with Crippen LogP contribution in [0.1, 0.15) is 63.9 Å². The summed E-state index contributed by atoms with van der Waals surface area (Å²) in [5.74, 6) is 0.0752. The number of alkyl halides is 3. The lowest BCUT2D eigenvalue weighted by Crippen LogP contribution is -2.51. The van der Waals surface area contributed by atoms with E-state index in [2.05, 4.69) is 20.9 Å². The highest BCUT2D eigenvalue weighted by molar-refractivity contribution is 7.92. The van der Waals surface area contributed by atoms with Gasteiger partial charge in [0, 0.05) is 35.9 Å². The number of furan rings is 1. The second-order valence-electron chi connectivity index (χ2n) is 12.4. The molecule has 2 aliphatic heterocycles. The maximum Gasteiger partial charge on any atom is 0.297 e. The summed E-state index contributed by atoms with van der Waals surface area (Å²) in [6.45, 7) is 5.88. The molecule has 4 atom stereocenters. The van der Waals surface area contributed by atoms with Crippen molar-refractivity contribution in [2.75, 3.05) is 17.2 Å². The number of hydrogen-bond donors (Lipinski definition) is 0. The van der Waals surface area contributed by atoms with Crippen LogP contribution in [0.3, 0.4) is 0 Å². The number of terminal acetylenes is 1. The molecule has 45 heavy (non-hydrogen) atoms. The maximum atomic E-state index is 17.1. The molecule has 2 fully saturated rings. The second-order valence-corrected chi connectivity index (χ2v) is 15.1. The van der Waals surface area contributed by atoms with Gasteiger partial charge in [-0.2, -0.15) is 0 Å². The van der Waals surface area contributed by atoms with Gasteiger partial charge in [0.2, 0.25) is 5.88 Å². The molecule has 2 aliphatic rings. The van der Waals surface area contributed by atoms with Gasteiger partial charge in [-0.3, -0.25) is 4.79 Å². The Bertz CT molecular complexity index is 1990. The van der Waals surface area contributed by atoms with Gasteiger partial charge < -0.3 is 14.1 Å². The molecule has 236 valence electrons. The summed E-state index contributed by atoms with van der Waals surface area (Å²) < 4.78 is 81.7. The molecule has 6 rings (SSSR count). The van der Waals surface area contributed by atoms with Crippen molar-refractivity contribution in [1.29, 1.82) is 0 Å². The van der Waals surface area contributed by atoms with E-state index in [-0.39, 0.29) is 64.8 Å². The Morgan fingerprint density at radius 1 is 1.24 bits per heavy atom. The van der Waals surface area contributed by atoms with Crippen molar-refractivity contribution in [3.05, 3.63) is 53.5 Å². The molecule has 9 nitrogen and oxygen atoms in total. The van der Waals surface area contributed by atoms with Gasteiger partial charge in [-0.05, 0) is 39.0 Å². The Hall–Kier alpha value is -4.18. The van der Waals surface area contributed by atoms with E-state index in [4.69, 9.17) is 15.6 Å². The maximum absolute atomic E-state index is 17.1.